The molecule has 0 heterocycles. The fourth-order valence-corrected chi connectivity index (χ4v) is 1.60. The van der Waals surface area contributed by atoms with Gasteiger partial charge in [-0.25, -0.2) is 0 Å². The number of carboxylic acids is 1. The highest BCUT2D eigenvalue weighted by Crippen LogP contribution is 2.17. The molecule has 0 aliphatic heterocycles. The lowest BCUT2D eigenvalue weighted by Gasteiger charge is -2.21. The Kier molecular flexibility index (Phi) is 4.89. The van der Waals surface area contributed by atoms with Crippen molar-refractivity contribution >= 4 is 29.0 Å². The molecular formula is C14H20N2O2S. The van der Waals surface area contributed by atoms with Crippen LogP contribution in [0.4, 0.5) is 5.69 Å². The summed E-state index contributed by atoms with van der Waals surface area (Å²) >= 11 is 5.18. The van der Waals surface area contributed by atoms with E-state index in [-0.39, 0.29) is 6.54 Å². The third kappa shape index (κ3) is 4.52. The van der Waals surface area contributed by atoms with Crippen molar-refractivity contribution in [1.82, 2.24) is 5.32 Å². The molecule has 3 N–H and O–H groups in total. The topological polar surface area (TPSA) is 61.4 Å². The van der Waals surface area contributed by atoms with Crippen molar-refractivity contribution < 1.29 is 9.90 Å². The van der Waals surface area contributed by atoms with Gasteiger partial charge in [-0.15, -0.1) is 0 Å². The molecule has 0 saturated heterocycles. The van der Waals surface area contributed by atoms with Crippen molar-refractivity contribution in [2.75, 3.05) is 11.9 Å². The number of aliphatic carboxylic acids is 1. The quantitative estimate of drug-likeness (QED) is 0.740. The maximum Gasteiger partial charge on any atom is 0.310 e. The van der Waals surface area contributed by atoms with Gasteiger partial charge in [0.15, 0.2) is 5.11 Å². The van der Waals surface area contributed by atoms with Crippen LogP contribution in [0.1, 0.15) is 25.0 Å². The number of rotatable bonds is 4. The molecule has 0 aromatic heterocycles. The highest BCUT2D eigenvalue weighted by atomic mass is 32.1. The van der Waals surface area contributed by atoms with Gasteiger partial charge < -0.3 is 15.7 Å². The van der Waals surface area contributed by atoms with Crippen molar-refractivity contribution in [2.45, 2.75) is 27.7 Å². The van der Waals surface area contributed by atoms with Gasteiger partial charge in [0.2, 0.25) is 0 Å². The van der Waals surface area contributed by atoms with Crippen LogP contribution in [0.25, 0.3) is 0 Å². The smallest absolute Gasteiger partial charge is 0.310 e. The molecule has 5 heteroatoms. The van der Waals surface area contributed by atoms with E-state index >= 15 is 0 Å². The Morgan fingerprint density at radius 2 is 2.00 bits per heavy atom. The molecular weight excluding hydrogens is 260 g/mol. The standard InChI is InChI=1S/C14H20N2O2S/c1-9-5-6-10(2)11(7-9)16-13(19)15-8-14(3,4)12(17)18/h5-7H,8H2,1-4H3,(H,17,18)(H2,15,16,19). The van der Waals surface area contributed by atoms with Gasteiger partial charge in [-0.3, -0.25) is 4.79 Å². The SMILES string of the molecule is Cc1ccc(C)c(NC(=S)NCC(C)(C)C(=O)O)c1. The van der Waals surface area contributed by atoms with Crippen LogP contribution in [0.2, 0.25) is 0 Å². The summed E-state index contributed by atoms with van der Waals surface area (Å²) in [7, 11) is 0. The van der Waals surface area contributed by atoms with Crippen molar-refractivity contribution in [3.05, 3.63) is 29.3 Å². The number of carbonyl (C=O) groups is 1. The fourth-order valence-electron chi connectivity index (χ4n) is 1.41. The van der Waals surface area contributed by atoms with Gasteiger partial charge in [-0.1, -0.05) is 12.1 Å². The van der Waals surface area contributed by atoms with Crippen LogP contribution in [0.5, 0.6) is 0 Å². The number of anilines is 1. The molecule has 1 aromatic rings. The second-order valence-corrected chi connectivity index (χ2v) is 5.72. The van der Waals surface area contributed by atoms with Crippen LogP contribution in [0, 0.1) is 19.3 Å². The lowest BCUT2D eigenvalue weighted by Crippen LogP contribution is -2.40. The molecule has 104 valence electrons. The van der Waals surface area contributed by atoms with Gasteiger partial charge in [0, 0.05) is 12.2 Å². The average molecular weight is 280 g/mol. The van der Waals surface area contributed by atoms with Gasteiger partial charge in [0.1, 0.15) is 0 Å². The van der Waals surface area contributed by atoms with Crippen molar-refractivity contribution in [3.8, 4) is 0 Å². The zero-order chi connectivity index (χ0) is 14.6. The normalized spacial score (nSPS) is 10.9. The first kappa shape index (κ1) is 15.4. The molecule has 0 amide bonds. The second-order valence-electron chi connectivity index (χ2n) is 5.32. The number of hydrogen-bond donors (Lipinski definition) is 3. The molecule has 4 nitrogen and oxygen atoms in total. The third-order valence-corrected chi connectivity index (χ3v) is 3.16. The molecule has 0 unspecified atom stereocenters. The molecule has 0 aliphatic rings. The second kappa shape index (κ2) is 6.02. The lowest BCUT2D eigenvalue weighted by molar-refractivity contribution is -0.146. The van der Waals surface area contributed by atoms with E-state index in [0.29, 0.717) is 5.11 Å². The molecule has 0 saturated carbocycles. The summed E-state index contributed by atoms with van der Waals surface area (Å²) in [5.41, 5.74) is 2.31. The molecule has 19 heavy (non-hydrogen) atoms. The zero-order valence-electron chi connectivity index (χ0n) is 11.7. The fraction of sp³-hybridized carbons (Fsp3) is 0.429. The van der Waals surface area contributed by atoms with Crippen LogP contribution >= 0.6 is 12.2 Å². The van der Waals surface area contributed by atoms with Crippen LogP contribution < -0.4 is 10.6 Å². The number of carboxylic acid groups (broad SMARTS) is 1. The minimum Gasteiger partial charge on any atom is -0.481 e. The maximum atomic E-state index is 11.0. The van der Waals surface area contributed by atoms with Crippen LogP contribution in [0.15, 0.2) is 18.2 Å². The third-order valence-electron chi connectivity index (χ3n) is 2.91. The van der Waals surface area contributed by atoms with Gasteiger partial charge in [0.25, 0.3) is 0 Å². The molecule has 1 aromatic carbocycles. The summed E-state index contributed by atoms with van der Waals surface area (Å²) in [5.74, 6) is -0.852. The summed E-state index contributed by atoms with van der Waals surface area (Å²) in [6.07, 6.45) is 0. The molecule has 0 fully saturated rings. The van der Waals surface area contributed by atoms with E-state index in [2.05, 4.69) is 10.6 Å². The number of thiocarbonyl (C=S) groups is 1. The number of aryl methyl sites for hydroxylation is 2. The molecule has 1 rings (SSSR count). The summed E-state index contributed by atoms with van der Waals surface area (Å²) in [6.45, 7) is 7.59. The Bertz CT molecular complexity index is 498. The highest BCUT2D eigenvalue weighted by Gasteiger charge is 2.26. The van der Waals surface area contributed by atoms with Gasteiger partial charge in [-0.05, 0) is 57.1 Å². The predicted molar refractivity (Wildman–Crippen MR) is 81.6 cm³/mol. The molecule has 0 aliphatic carbocycles. The first-order chi connectivity index (χ1) is 8.72. The van der Waals surface area contributed by atoms with Crippen molar-refractivity contribution in [2.24, 2.45) is 5.41 Å². The van der Waals surface area contributed by atoms with E-state index in [1.807, 2.05) is 32.0 Å². The number of hydrogen-bond acceptors (Lipinski definition) is 2. The Morgan fingerprint density at radius 1 is 1.37 bits per heavy atom. The Hall–Kier alpha value is -1.62. The van der Waals surface area contributed by atoms with E-state index in [1.165, 1.54) is 0 Å². The summed E-state index contributed by atoms with van der Waals surface area (Å²) < 4.78 is 0. The summed E-state index contributed by atoms with van der Waals surface area (Å²) in [5, 5.41) is 15.5. The van der Waals surface area contributed by atoms with Crippen molar-refractivity contribution in [1.29, 1.82) is 0 Å². The summed E-state index contributed by atoms with van der Waals surface area (Å²) in [6, 6.07) is 6.05. The molecule has 0 atom stereocenters. The number of benzene rings is 1. The molecule has 0 spiro atoms. The number of nitrogens with one attached hydrogen (secondary N) is 2. The zero-order valence-corrected chi connectivity index (χ0v) is 12.5. The first-order valence-corrected chi connectivity index (χ1v) is 6.49. The maximum absolute atomic E-state index is 11.0. The van der Waals surface area contributed by atoms with Crippen LogP contribution in [0.3, 0.4) is 0 Å². The highest BCUT2D eigenvalue weighted by molar-refractivity contribution is 7.80. The van der Waals surface area contributed by atoms with E-state index in [0.717, 1.165) is 16.8 Å². The van der Waals surface area contributed by atoms with Crippen LogP contribution in [-0.4, -0.2) is 22.7 Å². The first-order valence-electron chi connectivity index (χ1n) is 6.08. The average Bonchev–Trinajstić information content (AvgIpc) is 2.31. The lowest BCUT2D eigenvalue weighted by atomic mass is 9.94. The van der Waals surface area contributed by atoms with Gasteiger partial charge in [0.05, 0.1) is 5.41 Å². The van der Waals surface area contributed by atoms with E-state index in [1.54, 1.807) is 13.8 Å². The van der Waals surface area contributed by atoms with E-state index in [9.17, 15) is 4.79 Å². The minimum atomic E-state index is -0.854. The Morgan fingerprint density at radius 3 is 2.58 bits per heavy atom. The van der Waals surface area contributed by atoms with E-state index < -0.39 is 11.4 Å². The Labute approximate surface area is 119 Å². The summed E-state index contributed by atoms with van der Waals surface area (Å²) in [4.78, 5) is 11.0. The minimum absolute atomic E-state index is 0.277. The van der Waals surface area contributed by atoms with Gasteiger partial charge >= 0.3 is 5.97 Å². The molecule has 0 bridgehead atoms. The largest absolute Gasteiger partial charge is 0.481 e. The Balaban J connectivity index is 2.61. The van der Waals surface area contributed by atoms with E-state index in [4.69, 9.17) is 17.3 Å². The van der Waals surface area contributed by atoms with Crippen molar-refractivity contribution in [3.63, 3.8) is 0 Å². The van der Waals surface area contributed by atoms with Gasteiger partial charge in [-0.2, -0.15) is 0 Å². The monoisotopic (exact) mass is 280 g/mol. The van der Waals surface area contributed by atoms with Crippen LogP contribution in [-0.2, 0) is 4.79 Å². The predicted octanol–water partition coefficient (Wildman–Crippen LogP) is 2.70. The molecule has 0 radical (unpaired) electrons.